The summed E-state index contributed by atoms with van der Waals surface area (Å²) in [4.78, 5) is 26.6. The second-order valence-corrected chi connectivity index (χ2v) is 8.41. The predicted octanol–water partition coefficient (Wildman–Crippen LogP) is 3.46. The van der Waals surface area contributed by atoms with Gasteiger partial charge in [0.2, 0.25) is 0 Å². The molecule has 0 bridgehead atoms. The molecule has 1 aliphatic rings. The normalized spacial score (nSPS) is 15.3. The third-order valence-electron chi connectivity index (χ3n) is 6.21. The molecule has 166 valence electrons. The number of rotatable bonds is 3. The highest BCUT2D eigenvalue weighted by Crippen LogP contribution is 2.33. The van der Waals surface area contributed by atoms with Gasteiger partial charge in [0.05, 0.1) is 16.7 Å². The van der Waals surface area contributed by atoms with Crippen LogP contribution in [0.15, 0.2) is 35.1 Å². The highest BCUT2D eigenvalue weighted by molar-refractivity contribution is 5.98. The van der Waals surface area contributed by atoms with E-state index in [0.29, 0.717) is 30.0 Å². The van der Waals surface area contributed by atoms with Gasteiger partial charge in [-0.1, -0.05) is 18.2 Å². The molecule has 2 aromatic heterocycles. The maximum atomic E-state index is 15.5. The summed E-state index contributed by atoms with van der Waals surface area (Å²) >= 11 is 0. The first-order chi connectivity index (χ1) is 15.3. The molecule has 0 aliphatic carbocycles. The van der Waals surface area contributed by atoms with Crippen molar-refractivity contribution >= 4 is 33.3 Å². The van der Waals surface area contributed by atoms with Crippen LogP contribution in [-0.4, -0.2) is 52.1 Å². The molecule has 32 heavy (non-hydrogen) atoms. The van der Waals surface area contributed by atoms with E-state index in [-0.39, 0.29) is 33.8 Å². The zero-order valence-corrected chi connectivity index (χ0v) is 17.9. The molecule has 1 fully saturated rings. The summed E-state index contributed by atoms with van der Waals surface area (Å²) in [5, 5.41) is 0.651. The van der Waals surface area contributed by atoms with Gasteiger partial charge in [0.15, 0.2) is 11.6 Å². The van der Waals surface area contributed by atoms with Gasteiger partial charge in [0.1, 0.15) is 22.6 Å². The van der Waals surface area contributed by atoms with Crippen LogP contribution in [0.5, 0.6) is 0 Å². The Balaban J connectivity index is 1.60. The van der Waals surface area contributed by atoms with Gasteiger partial charge in [-0.2, -0.15) is 0 Å². The van der Waals surface area contributed by atoms with Crippen LogP contribution in [0.1, 0.15) is 13.8 Å². The third kappa shape index (κ3) is 3.20. The number of nitrogens with one attached hydrogen (secondary N) is 2. The molecule has 0 radical (unpaired) electrons. The van der Waals surface area contributed by atoms with Crippen LogP contribution >= 0.6 is 0 Å². The molecule has 7 nitrogen and oxygen atoms in total. The van der Waals surface area contributed by atoms with Crippen molar-refractivity contribution in [1.29, 1.82) is 0 Å². The van der Waals surface area contributed by atoms with Gasteiger partial charge in [-0.3, -0.25) is 9.69 Å². The zero-order valence-electron chi connectivity index (χ0n) is 17.9. The van der Waals surface area contributed by atoms with E-state index in [9.17, 15) is 9.18 Å². The monoisotopic (exact) mass is 438 g/mol. The Bertz CT molecular complexity index is 1390. The van der Waals surface area contributed by atoms with Crippen LogP contribution in [0.2, 0.25) is 0 Å². The number of pyridine rings is 1. The summed E-state index contributed by atoms with van der Waals surface area (Å²) in [6, 6.07) is 8.71. The van der Waals surface area contributed by atoms with Crippen molar-refractivity contribution in [3.05, 3.63) is 52.3 Å². The Morgan fingerprint density at radius 1 is 1.09 bits per heavy atom. The molecule has 2 aromatic carbocycles. The number of H-pyrrole nitrogens is 2. The minimum Gasteiger partial charge on any atom is -0.397 e. The molecule has 3 heterocycles. The van der Waals surface area contributed by atoms with Crippen LogP contribution in [-0.2, 0) is 0 Å². The average molecular weight is 438 g/mol. The van der Waals surface area contributed by atoms with E-state index in [1.54, 1.807) is 29.2 Å². The summed E-state index contributed by atoms with van der Waals surface area (Å²) in [6.07, 6.45) is 0. The average Bonchev–Trinajstić information content (AvgIpc) is 3.18. The number of fused-ring (bicyclic) bond motifs is 2. The lowest BCUT2D eigenvalue weighted by Crippen LogP contribution is -2.49. The molecular formula is C23H24F2N6O. The summed E-state index contributed by atoms with van der Waals surface area (Å²) in [5.74, 6) is -1.29. The first-order valence-corrected chi connectivity index (χ1v) is 10.6. The minimum atomic E-state index is -0.715. The summed E-state index contributed by atoms with van der Waals surface area (Å²) < 4.78 is 30.4. The Hall–Kier alpha value is -3.46. The van der Waals surface area contributed by atoms with Gasteiger partial charge in [-0.25, -0.2) is 13.8 Å². The van der Waals surface area contributed by atoms with Crippen LogP contribution in [0.25, 0.3) is 33.3 Å². The van der Waals surface area contributed by atoms with Crippen molar-refractivity contribution in [2.75, 3.05) is 36.8 Å². The van der Waals surface area contributed by atoms with Crippen molar-refractivity contribution in [2.24, 2.45) is 0 Å². The number of nitrogens with two attached hydrogens (primary N) is 1. The fourth-order valence-electron chi connectivity index (χ4n) is 4.44. The van der Waals surface area contributed by atoms with Gasteiger partial charge in [0.25, 0.3) is 5.56 Å². The highest BCUT2D eigenvalue weighted by Gasteiger charge is 2.27. The number of anilines is 2. The van der Waals surface area contributed by atoms with E-state index in [0.717, 1.165) is 13.1 Å². The number of halogens is 2. The maximum absolute atomic E-state index is 15.5. The third-order valence-corrected chi connectivity index (χ3v) is 6.21. The number of benzene rings is 2. The lowest BCUT2D eigenvalue weighted by atomic mass is 10.1. The SMILES string of the molecule is CC(C)N1CCN(c2c(F)cc3nc(-c4c(N)c5ccccc5[nH]c4=O)[nH]c3c2F)CC1. The van der Waals surface area contributed by atoms with E-state index >= 15 is 4.39 Å². The van der Waals surface area contributed by atoms with Crippen LogP contribution in [0.4, 0.5) is 20.2 Å². The summed E-state index contributed by atoms with van der Waals surface area (Å²) in [7, 11) is 0. The fraction of sp³-hybridized carbons (Fsp3) is 0.304. The Kier molecular flexibility index (Phi) is 4.85. The topological polar surface area (TPSA) is 94.0 Å². The van der Waals surface area contributed by atoms with Gasteiger partial charge < -0.3 is 20.6 Å². The van der Waals surface area contributed by atoms with Gasteiger partial charge in [0, 0.05) is 43.7 Å². The second-order valence-electron chi connectivity index (χ2n) is 8.41. The van der Waals surface area contributed by atoms with E-state index < -0.39 is 17.2 Å². The summed E-state index contributed by atoms with van der Waals surface area (Å²) in [5.41, 5.74) is 6.82. The number of hydrogen-bond acceptors (Lipinski definition) is 5. The Morgan fingerprint density at radius 2 is 1.81 bits per heavy atom. The number of piperazine rings is 1. The number of aromatic amines is 2. The standard InChI is InChI=1S/C23H24F2N6O/c1-12(2)30-7-9-31(10-8-30)21-14(24)11-16-20(18(21)25)29-22(27-16)17-19(26)13-5-3-4-6-15(13)28-23(17)32/h3-6,11-12H,7-10H2,1-2H3,(H,27,29)(H3,26,28,32). The predicted molar refractivity (Wildman–Crippen MR) is 123 cm³/mol. The number of aromatic nitrogens is 3. The molecule has 0 saturated carbocycles. The number of hydrogen-bond donors (Lipinski definition) is 3. The van der Waals surface area contributed by atoms with Gasteiger partial charge >= 0.3 is 0 Å². The smallest absolute Gasteiger partial charge is 0.261 e. The van der Waals surface area contributed by atoms with Crippen molar-refractivity contribution in [3.63, 3.8) is 0 Å². The van der Waals surface area contributed by atoms with Crippen LogP contribution in [0.3, 0.4) is 0 Å². The lowest BCUT2D eigenvalue weighted by molar-refractivity contribution is 0.208. The van der Waals surface area contributed by atoms with E-state index in [1.165, 1.54) is 6.07 Å². The number of imidazole rings is 1. The summed E-state index contributed by atoms with van der Waals surface area (Å²) in [6.45, 7) is 6.72. The molecule has 0 atom stereocenters. The van der Waals surface area contributed by atoms with E-state index in [4.69, 9.17) is 5.73 Å². The van der Waals surface area contributed by atoms with Crippen molar-refractivity contribution in [1.82, 2.24) is 19.9 Å². The quantitative estimate of drug-likeness (QED) is 0.456. The molecule has 0 amide bonds. The fourth-order valence-corrected chi connectivity index (χ4v) is 4.44. The first kappa shape index (κ1) is 20.4. The molecular weight excluding hydrogens is 414 g/mol. The number of para-hydroxylation sites is 1. The largest absolute Gasteiger partial charge is 0.397 e. The lowest BCUT2D eigenvalue weighted by Gasteiger charge is -2.38. The molecule has 4 N–H and O–H groups in total. The molecule has 0 spiro atoms. The Labute approximate surface area is 182 Å². The minimum absolute atomic E-state index is 0.0506. The van der Waals surface area contributed by atoms with E-state index in [2.05, 4.69) is 33.7 Å². The number of nitrogens with zero attached hydrogens (tertiary/aromatic N) is 3. The Morgan fingerprint density at radius 3 is 2.53 bits per heavy atom. The van der Waals surface area contributed by atoms with Crippen molar-refractivity contribution < 1.29 is 8.78 Å². The van der Waals surface area contributed by atoms with E-state index in [1.807, 2.05) is 0 Å². The van der Waals surface area contributed by atoms with Crippen LogP contribution in [0, 0.1) is 11.6 Å². The van der Waals surface area contributed by atoms with Gasteiger partial charge in [-0.15, -0.1) is 0 Å². The maximum Gasteiger partial charge on any atom is 0.261 e. The number of nitrogen functional groups attached to an aromatic ring is 1. The molecule has 9 heteroatoms. The highest BCUT2D eigenvalue weighted by atomic mass is 19.1. The molecule has 5 rings (SSSR count). The zero-order chi connectivity index (χ0) is 22.6. The first-order valence-electron chi connectivity index (χ1n) is 10.6. The second kappa shape index (κ2) is 7.59. The van der Waals surface area contributed by atoms with Gasteiger partial charge in [-0.05, 0) is 19.9 Å². The molecule has 4 aromatic rings. The van der Waals surface area contributed by atoms with Crippen LogP contribution < -0.4 is 16.2 Å². The van der Waals surface area contributed by atoms with Crippen molar-refractivity contribution in [2.45, 2.75) is 19.9 Å². The molecule has 0 unspecified atom stereocenters. The van der Waals surface area contributed by atoms with Crippen molar-refractivity contribution in [3.8, 4) is 11.4 Å². The molecule has 1 aliphatic heterocycles. The molecule has 1 saturated heterocycles.